The van der Waals surface area contributed by atoms with Gasteiger partial charge in [-0.05, 0) is 19.1 Å². The molecule has 13 heavy (non-hydrogen) atoms. The molecule has 0 aliphatic carbocycles. The molecule has 0 saturated heterocycles. The number of likely N-dealkylation sites (N-methyl/N-ethyl adjacent to an activating group) is 1. The molecule has 0 bridgehead atoms. The number of fused-ring (bicyclic) bond motifs is 1. The van der Waals surface area contributed by atoms with Gasteiger partial charge in [-0.2, -0.15) is 0 Å². The topological polar surface area (TPSA) is 38.5 Å². The van der Waals surface area contributed by atoms with Crippen LogP contribution in [0.1, 0.15) is 6.92 Å². The molecule has 1 aliphatic rings. The smallest absolute Gasteiger partial charge is 0.165 e. The van der Waals surface area contributed by atoms with Gasteiger partial charge in [-0.3, -0.25) is 0 Å². The van der Waals surface area contributed by atoms with Gasteiger partial charge in [0.2, 0.25) is 0 Å². The first-order valence-electron chi connectivity index (χ1n) is 4.59. The summed E-state index contributed by atoms with van der Waals surface area (Å²) < 4.78 is 5.52. The SMILES string of the molecule is CCN1CCOc2c(N)cccc21. The van der Waals surface area contributed by atoms with Gasteiger partial charge < -0.3 is 15.4 Å². The summed E-state index contributed by atoms with van der Waals surface area (Å²) in [5, 5.41) is 0. The van der Waals surface area contributed by atoms with Gasteiger partial charge in [-0.1, -0.05) is 6.07 Å². The first-order valence-corrected chi connectivity index (χ1v) is 4.59. The molecule has 2 rings (SSSR count). The van der Waals surface area contributed by atoms with Crippen molar-refractivity contribution in [3.63, 3.8) is 0 Å². The van der Waals surface area contributed by atoms with Crippen molar-refractivity contribution in [2.75, 3.05) is 30.3 Å². The molecule has 0 fully saturated rings. The van der Waals surface area contributed by atoms with Gasteiger partial charge in [-0.15, -0.1) is 0 Å². The molecule has 1 aromatic rings. The van der Waals surface area contributed by atoms with E-state index < -0.39 is 0 Å². The minimum atomic E-state index is 0.731. The van der Waals surface area contributed by atoms with E-state index in [2.05, 4.69) is 11.8 Å². The fraction of sp³-hybridized carbons (Fsp3) is 0.400. The number of para-hydroxylation sites is 1. The standard InChI is InChI=1S/C10H14N2O/c1-2-12-6-7-13-10-8(11)4-3-5-9(10)12/h3-5H,2,6-7,11H2,1H3. The van der Waals surface area contributed by atoms with E-state index in [-0.39, 0.29) is 0 Å². The molecule has 1 aliphatic heterocycles. The van der Waals surface area contributed by atoms with E-state index in [0.717, 1.165) is 36.8 Å². The highest BCUT2D eigenvalue weighted by atomic mass is 16.5. The van der Waals surface area contributed by atoms with Gasteiger partial charge in [0, 0.05) is 6.54 Å². The number of nitrogen functional groups attached to an aromatic ring is 1. The van der Waals surface area contributed by atoms with Crippen LogP contribution < -0.4 is 15.4 Å². The first-order chi connectivity index (χ1) is 6.33. The van der Waals surface area contributed by atoms with Crippen LogP contribution in [0.5, 0.6) is 5.75 Å². The Morgan fingerprint density at radius 3 is 3.15 bits per heavy atom. The van der Waals surface area contributed by atoms with E-state index in [1.54, 1.807) is 0 Å². The van der Waals surface area contributed by atoms with Crippen molar-refractivity contribution in [1.82, 2.24) is 0 Å². The number of nitrogens with zero attached hydrogens (tertiary/aromatic N) is 1. The van der Waals surface area contributed by atoms with Crippen LogP contribution in [0.3, 0.4) is 0 Å². The van der Waals surface area contributed by atoms with Crippen molar-refractivity contribution in [1.29, 1.82) is 0 Å². The Kier molecular flexibility index (Phi) is 2.00. The molecule has 0 spiro atoms. The second-order valence-corrected chi connectivity index (χ2v) is 3.12. The average Bonchev–Trinajstić information content (AvgIpc) is 2.18. The Bertz CT molecular complexity index is 312. The fourth-order valence-corrected chi connectivity index (χ4v) is 1.66. The van der Waals surface area contributed by atoms with Gasteiger partial charge >= 0.3 is 0 Å². The number of ether oxygens (including phenoxy) is 1. The molecule has 0 radical (unpaired) electrons. The molecule has 3 heteroatoms. The van der Waals surface area contributed by atoms with E-state index in [9.17, 15) is 0 Å². The Balaban J connectivity index is 2.45. The predicted molar refractivity (Wildman–Crippen MR) is 54.2 cm³/mol. The highest BCUT2D eigenvalue weighted by Gasteiger charge is 2.17. The van der Waals surface area contributed by atoms with Crippen LogP contribution in [0.15, 0.2) is 18.2 Å². The first kappa shape index (κ1) is 8.23. The van der Waals surface area contributed by atoms with Crippen LogP contribution in [0.2, 0.25) is 0 Å². The van der Waals surface area contributed by atoms with E-state index >= 15 is 0 Å². The third-order valence-corrected chi connectivity index (χ3v) is 2.35. The van der Waals surface area contributed by atoms with Crippen LogP contribution in [-0.4, -0.2) is 19.7 Å². The zero-order valence-corrected chi connectivity index (χ0v) is 7.79. The number of rotatable bonds is 1. The van der Waals surface area contributed by atoms with Crippen molar-refractivity contribution in [2.45, 2.75) is 6.92 Å². The predicted octanol–water partition coefficient (Wildman–Crippen LogP) is 1.49. The lowest BCUT2D eigenvalue weighted by atomic mass is 10.2. The maximum Gasteiger partial charge on any atom is 0.165 e. The largest absolute Gasteiger partial charge is 0.487 e. The molecule has 0 aromatic heterocycles. The molecule has 2 N–H and O–H groups in total. The van der Waals surface area contributed by atoms with Gasteiger partial charge in [0.05, 0.1) is 17.9 Å². The number of benzene rings is 1. The van der Waals surface area contributed by atoms with Gasteiger partial charge in [0.1, 0.15) is 6.61 Å². The second kappa shape index (κ2) is 3.17. The highest BCUT2D eigenvalue weighted by molar-refractivity contribution is 5.71. The summed E-state index contributed by atoms with van der Waals surface area (Å²) in [4.78, 5) is 2.27. The second-order valence-electron chi connectivity index (χ2n) is 3.12. The Morgan fingerprint density at radius 1 is 1.54 bits per heavy atom. The van der Waals surface area contributed by atoms with Crippen LogP contribution in [0.4, 0.5) is 11.4 Å². The normalized spacial score (nSPS) is 15.0. The molecule has 70 valence electrons. The molecule has 0 atom stereocenters. The lowest BCUT2D eigenvalue weighted by Gasteiger charge is -2.30. The number of hydrogen-bond donors (Lipinski definition) is 1. The van der Waals surface area contributed by atoms with E-state index in [4.69, 9.17) is 10.5 Å². The molecule has 3 nitrogen and oxygen atoms in total. The zero-order chi connectivity index (χ0) is 9.26. The van der Waals surface area contributed by atoms with Gasteiger partial charge in [0.25, 0.3) is 0 Å². The maximum atomic E-state index is 5.81. The minimum Gasteiger partial charge on any atom is -0.487 e. The number of anilines is 2. The monoisotopic (exact) mass is 178 g/mol. The number of nitrogens with two attached hydrogens (primary N) is 1. The molecular formula is C10H14N2O. The van der Waals surface area contributed by atoms with Crippen molar-refractivity contribution in [2.24, 2.45) is 0 Å². The van der Waals surface area contributed by atoms with E-state index in [1.807, 2.05) is 18.2 Å². The van der Waals surface area contributed by atoms with Crippen molar-refractivity contribution >= 4 is 11.4 Å². The van der Waals surface area contributed by atoms with Gasteiger partial charge in [-0.25, -0.2) is 0 Å². The molecule has 0 saturated carbocycles. The Morgan fingerprint density at radius 2 is 2.38 bits per heavy atom. The third-order valence-electron chi connectivity index (χ3n) is 2.35. The average molecular weight is 178 g/mol. The third kappa shape index (κ3) is 1.30. The van der Waals surface area contributed by atoms with Crippen molar-refractivity contribution in [3.8, 4) is 5.75 Å². The molecule has 1 heterocycles. The number of hydrogen-bond acceptors (Lipinski definition) is 3. The van der Waals surface area contributed by atoms with Crippen molar-refractivity contribution in [3.05, 3.63) is 18.2 Å². The molecular weight excluding hydrogens is 164 g/mol. The van der Waals surface area contributed by atoms with Crippen LogP contribution in [0, 0.1) is 0 Å². The Labute approximate surface area is 78.1 Å². The molecule has 0 unspecified atom stereocenters. The lowest BCUT2D eigenvalue weighted by Crippen LogP contribution is -2.32. The van der Waals surface area contributed by atoms with Crippen LogP contribution in [0.25, 0.3) is 0 Å². The van der Waals surface area contributed by atoms with Crippen LogP contribution >= 0.6 is 0 Å². The van der Waals surface area contributed by atoms with E-state index in [0.29, 0.717) is 0 Å². The highest BCUT2D eigenvalue weighted by Crippen LogP contribution is 2.36. The molecule has 0 amide bonds. The summed E-state index contributed by atoms with van der Waals surface area (Å²) >= 11 is 0. The summed E-state index contributed by atoms with van der Waals surface area (Å²) in [6.07, 6.45) is 0. The summed E-state index contributed by atoms with van der Waals surface area (Å²) in [6, 6.07) is 5.89. The zero-order valence-electron chi connectivity index (χ0n) is 7.79. The quantitative estimate of drug-likeness (QED) is 0.662. The van der Waals surface area contributed by atoms with Crippen LogP contribution in [-0.2, 0) is 0 Å². The van der Waals surface area contributed by atoms with E-state index in [1.165, 1.54) is 0 Å². The summed E-state index contributed by atoms with van der Waals surface area (Å²) in [7, 11) is 0. The minimum absolute atomic E-state index is 0.731. The lowest BCUT2D eigenvalue weighted by molar-refractivity contribution is 0.310. The van der Waals surface area contributed by atoms with Crippen molar-refractivity contribution < 1.29 is 4.74 Å². The summed E-state index contributed by atoms with van der Waals surface area (Å²) in [5.74, 6) is 0.843. The maximum absolute atomic E-state index is 5.81. The summed E-state index contributed by atoms with van der Waals surface area (Å²) in [6.45, 7) is 4.82. The summed E-state index contributed by atoms with van der Waals surface area (Å²) in [5.41, 5.74) is 7.66. The van der Waals surface area contributed by atoms with Gasteiger partial charge in [0.15, 0.2) is 5.75 Å². The fourth-order valence-electron chi connectivity index (χ4n) is 1.66. The Hall–Kier alpha value is -1.38. The molecule has 1 aromatic carbocycles.